The molecule has 0 aromatic heterocycles. The van der Waals surface area contributed by atoms with Gasteiger partial charge in [0.15, 0.2) is 0 Å². The molecule has 3 heteroatoms. The molecule has 1 N–H and O–H groups in total. The van der Waals surface area contributed by atoms with Gasteiger partial charge in [0.2, 0.25) is 5.91 Å². The maximum atomic E-state index is 12.3. The summed E-state index contributed by atoms with van der Waals surface area (Å²) in [5.41, 5.74) is 1.43. The Hall–Kier alpha value is -1.35. The summed E-state index contributed by atoms with van der Waals surface area (Å²) in [5, 5.41) is 3.31. The monoisotopic (exact) mass is 272 g/mol. The van der Waals surface area contributed by atoms with Crippen molar-refractivity contribution >= 4 is 5.91 Å². The molecule has 0 radical (unpaired) electrons. The van der Waals surface area contributed by atoms with Gasteiger partial charge in [-0.1, -0.05) is 30.3 Å². The van der Waals surface area contributed by atoms with Crippen molar-refractivity contribution in [3.8, 4) is 0 Å². The lowest BCUT2D eigenvalue weighted by molar-refractivity contribution is -0.134. The van der Waals surface area contributed by atoms with E-state index < -0.39 is 0 Å². The Morgan fingerprint density at radius 3 is 2.55 bits per heavy atom. The normalized spacial score (nSPS) is 24.0. The summed E-state index contributed by atoms with van der Waals surface area (Å²) in [6, 6.07) is 10.8. The molecule has 0 saturated carbocycles. The highest BCUT2D eigenvalue weighted by Crippen LogP contribution is 2.22. The first-order valence-electron chi connectivity index (χ1n) is 7.89. The molecule has 2 saturated heterocycles. The number of carbonyl (C=O) groups excluding carboxylic acids is 1. The van der Waals surface area contributed by atoms with Crippen LogP contribution in [0.5, 0.6) is 0 Å². The second-order valence-electron chi connectivity index (χ2n) is 6.11. The average Bonchev–Trinajstić information content (AvgIpc) is 3.03. The minimum atomic E-state index is 0.0978. The summed E-state index contributed by atoms with van der Waals surface area (Å²) in [6.45, 7) is 2.88. The number of hydrogen-bond acceptors (Lipinski definition) is 2. The number of rotatable bonds is 3. The van der Waals surface area contributed by atoms with E-state index in [0.29, 0.717) is 5.91 Å². The van der Waals surface area contributed by atoms with E-state index in [2.05, 4.69) is 40.5 Å². The third-order valence-corrected chi connectivity index (χ3v) is 4.65. The number of nitrogens with zero attached hydrogens (tertiary/aromatic N) is 1. The maximum Gasteiger partial charge on any atom is 0.239 e. The van der Waals surface area contributed by atoms with Crippen LogP contribution in [0.1, 0.15) is 31.2 Å². The molecule has 0 bridgehead atoms. The second kappa shape index (κ2) is 6.40. The van der Waals surface area contributed by atoms with E-state index in [0.717, 1.165) is 57.7 Å². The summed E-state index contributed by atoms with van der Waals surface area (Å²) in [7, 11) is 0. The Balaban J connectivity index is 1.48. The zero-order valence-corrected chi connectivity index (χ0v) is 12.1. The van der Waals surface area contributed by atoms with Crippen molar-refractivity contribution in [1.82, 2.24) is 10.2 Å². The second-order valence-corrected chi connectivity index (χ2v) is 6.11. The highest BCUT2D eigenvalue weighted by molar-refractivity contribution is 5.82. The number of hydrogen-bond donors (Lipinski definition) is 1. The molecule has 2 aliphatic rings. The molecule has 1 atom stereocenters. The van der Waals surface area contributed by atoms with Gasteiger partial charge in [0.25, 0.3) is 0 Å². The zero-order chi connectivity index (χ0) is 13.8. The highest BCUT2D eigenvalue weighted by Gasteiger charge is 2.29. The molecule has 2 heterocycles. The van der Waals surface area contributed by atoms with Crippen molar-refractivity contribution in [2.75, 3.05) is 19.6 Å². The summed E-state index contributed by atoms with van der Waals surface area (Å²) in [4.78, 5) is 14.4. The van der Waals surface area contributed by atoms with Crippen molar-refractivity contribution in [3.05, 3.63) is 35.9 Å². The summed E-state index contributed by atoms with van der Waals surface area (Å²) < 4.78 is 0. The van der Waals surface area contributed by atoms with Crippen LogP contribution in [0.4, 0.5) is 0 Å². The van der Waals surface area contributed by atoms with E-state index in [9.17, 15) is 4.79 Å². The molecular formula is C17H24N2O. The fraction of sp³-hybridized carbons (Fsp3) is 0.588. The SMILES string of the molecule is O=C([C@@H]1CCCN1)N1CCC(Cc2ccccc2)CC1. The topological polar surface area (TPSA) is 32.3 Å². The molecule has 1 aromatic rings. The summed E-state index contributed by atoms with van der Waals surface area (Å²) in [5.74, 6) is 1.07. The molecule has 0 spiro atoms. The Morgan fingerprint density at radius 1 is 1.15 bits per heavy atom. The van der Waals surface area contributed by atoms with Gasteiger partial charge in [-0.05, 0) is 50.1 Å². The van der Waals surface area contributed by atoms with Gasteiger partial charge >= 0.3 is 0 Å². The van der Waals surface area contributed by atoms with E-state index in [-0.39, 0.29) is 6.04 Å². The largest absolute Gasteiger partial charge is 0.341 e. The Labute approximate surface area is 121 Å². The van der Waals surface area contributed by atoms with Crippen LogP contribution in [0.25, 0.3) is 0 Å². The number of amides is 1. The molecule has 2 fully saturated rings. The van der Waals surface area contributed by atoms with Crippen LogP contribution in [-0.4, -0.2) is 36.5 Å². The predicted octanol–water partition coefficient (Wildman–Crippen LogP) is 2.22. The summed E-state index contributed by atoms with van der Waals surface area (Å²) >= 11 is 0. The van der Waals surface area contributed by atoms with E-state index in [1.54, 1.807) is 0 Å². The van der Waals surface area contributed by atoms with Crippen molar-refractivity contribution < 1.29 is 4.79 Å². The zero-order valence-electron chi connectivity index (χ0n) is 12.1. The van der Waals surface area contributed by atoms with Crippen LogP contribution in [-0.2, 0) is 11.2 Å². The third-order valence-electron chi connectivity index (χ3n) is 4.65. The smallest absolute Gasteiger partial charge is 0.239 e. The minimum Gasteiger partial charge on any atom is -0.341 e. The number of likely N-dealkylation sites (tertiary alicyclic amines) is 1. The van der Waals surface area contributed by atoms with Crippen LogP contribution in [0.3, 0.4) is 0 Å². The summed E-state index contributed by atoms with van der Waals surface area (Å²) in [6.07, 6.45) is 5.61. The van der Waals surface area contributed by atoms with E-state index in [4.69, 9.17) is 0 Å². The van der Waals surface area contributed by atoms with Gasteiger partial charge in [-0.2, -0.15) is 0 Å². The van der Waals surface area contributed by atoms with Crippen molar-refractivity contribution in [3.63, 3.8) is 0 Å². The van der Waals surface area contributed by atoms with Gasteiger partial charge in [-0.25, -0.2) is 0 Å². The molecule has 3 nitrogen and oxygen atoms in total. The lowest BCUT2D eigenvalue weighted by atomic mass is 9.90. The number of carbonyl (C=O) groups is 1. The van der Waals surface area contributed by atoms with Crippen molar-refractivity contribution in [2.24, 2.45) is 5.92 Å². The van der Waals surface area contributed by atoms with Crippen molar-refractivity contribution in [2.45, 2.75) is 38.1 Å². The molecule has 1 aromatic carbocycles. The molecule has 3 rings (SSSR count). The van der Waals surface area contributed by atoms with Gasteiger partial charge in [0.05, 0.1) is 6.04 Å². The first kappa shape index (κ1) is 13.6. The number of benzene rings is 1. The molecule has 1 amide bonds. The van der Waals surface area contributed by atoms with Gasteiger partial charge in [-0.15, -0.1) is 0 Å². The number of nitrogens with one attached hydrogen (secondary N) is 1. The van der Waals surface area contributed by atoms with E-state index in [1.165, 1.54) is 5.56 Å². The molecular weight excluding hydrogens is 248 g/mol. The van der Waals surface area contributed by atoms with Crippen molar-refractivity contribution in [1.29, 1.82) is 0 Å². The molecule has 0 aliphatic carbocycles. The van der Waals surface area contributed by atoms with Crippen LogP contribution >= 0.6 is 0 Å². The predicted molar refractivity (Wildman–Crippen MR) is 80.5 cm³/mol. The van der Waals surface area contributed by atoms with Crippen LogP contribution in [0.2, 0.25) is 0 Å². The maximum absolute atomic E-state index is 12.3. The fourth-order valence-electron chi connectivity index (χ4n) is 3.42. The van der Waals surface area contributed by atoms with Gasteiger partial charge in [-0.3, -0.25) is 4.79 Å². The average molecular weight is 272 g/mol. The fourth-order valence-corrected chi connectivity index (χ4v) is 3.42. The van der Waals surface area contributed by atoms with Gasteiger partial charge in [0.1, 0.15) is 0 Å². The van der Waals surface area contributed by atoms with Crippen LogP contribution in [0.15, 0.2) is 30.3 Å². The quantitative estimate of drug-likeness (QED) is 0.915. The van der Waals surface area contributed by atoms with E-state index in [1.807, 2.05) is 0 Å². The minimum absolute atomic E-state index is 0.0978. The third kappa shape index (κ3) is 3.21. The lowest BCUT2D eigenvalue weighted by Crippen LogP contribution is -2.47. The molecule has 20 heavy (non-hydrogen) atoms. The first-order valence-corrected chi connectivity index (χ1v) is 7.89. The van der Waals surface area contributed by atoms with Gasteiger partial charge in [0, 0.05) is 13.1 Å². The Morgan fingerprint density at radius 2 is 1.90 bits per heavy atom. The number of piperidine rings is 1. The Bertz CT molecular complexity index is 432. The van der Waals surface area contributed by atoms with Crippen LogP contribution < -0.4 is 5.32 Å². The molecule has 0 unspecified atom stereocenters. The van der Waals surface area contributed by atoms with Gasteiger partial charge < -0.3 is 10.2 Å². The molecule has 108 valence electrons. The first-order chi connectivity index (χ1) is 9.83. The van der Waals surface area contributed by atoms with Crippen LogP contribution in [0, 0.1) is 5.92 Å². The lowest BCUT2D eigenvalue weighted by Gasteiger charge is -2.33. The molecule has 2 aliphatic heterocycles. The standard InChI is InChI=1S/C17H24N2O/c20-17(16-7-4-10-18-16)19-11-8-15(9-12-19)13-14-5-2-1-3-6-14/h1-3,5-6,15-16,18H,4,7-13H2/t16-/m0/s1. The van der Waals surface area contributed by atoms with E-state index >= 15 is 0 Å². The Kier molecular flexibility index (Phi) is 4.36. The highest BCUT2D eigenvalue weighted by atomic mass is 16.2.